The third kappa shape index (κ3) is 6.22. The normalized spacial score (nSPS) is 11.2. The van der Waals surface area contributed by atoms with Gasteiger partial charge in [-0.1, -0.05) is 58.2 Å². The number of hydrogen-bond acceptors (Lipinski definition) is 4. The van der Waals surface area contributed by atoms with Crippen molar-refractivity contribution in [1.82, 2.24) is 4.98 Å². The lowest BCUT2D eigenvalue weighted by molar-refractivity contribution is -0.135. The van der Waals surface area contributed by atoms with Crippen molar-refractivity contribution in [3.8, 4) is 16.9 Å². The summed E-state index contributed by atoms with van der Waals surface area (Å²) in [5.74, 6) is 0.305. The SMILES string of the molecule is CCCCCCc1ccc2nc(N(CC(=O)O)CC(C)C)cc(-c3ccc(O)cc3)c2c1. The number of rotatable bonds is 11. The number of aromatic hydroxyl groups is 1. The Balaban J connectivity index is 2.08. The second kappa shape index (κ2) is 11.0. The zero-order valence-corrected chi connectivity index (χ0v) is 19.3. The molecule has 2 aromatic carbocycles. The minimum Gasteiger partial charge on any atom is -0.508 e. The maximum atomic E-state index is 11.5. The van der Waals surface area contributed by atoms with Crippen LogP contribution in [0.5, 0.6) is 5.75 Å². The average molecular weight is 435 g/mol. The van der Waals surface area contributed by atoms with E-state index in [0.717, 1.165) is 28.5 Å². The number of pyridine rings is 1. The van der Waals surface area contributed by atoms with E-state index in [1.807, 2.05) is 29.2 Å². The summed E-state index contributed by atoms with van der Waals surface area (Å²) in [6, 6.07) is 15.5. The number of carboxylic acids is 1. The number of benzene rings is 2. The van der Waals surface area contributed by atoms with Crippen molar-refractivity contribution in [3.63, 3.8) is 0 Å². The molecule has 1 heterocycles. The fourth-order valence-corrected chi connectivity index (χ4v) is 4.06. The molecule has 32 heavy (non-hydrogen) atoms. The molecule has 0 atom stereocenters. The smallest absolute Gasteiger partial charge is 0.323 e. The summed E-state index contributed by atoms with van der Waals surface area (Å²) in [7, 11) is 0. The van der Waals surface area contributed by atoms with Crippen LogP contribution >= 0.6 is 0 Å². The lowest BCUT2D eigenvalue weighted by Gasteiger charge is -2.25. The number of carbonyl (C=O) groups is 1. The van der Waals surface area contributed by atoms with Crippen molar-refractivity contribution < 1.29 is 15.0 Å². The molecule has 3 rings (SSSR count). The molecule has 0 aliphatic heterocycles. The van der Waals surface area contributed by atoms with Crippen molar-refractivity contribution in [2.24, 2.45) is 5.92 Å². The number of phenolic OH excluding ortho intramolecular Hbond substituents is 1. The summed E-state index contributed by atoms with van der Waals surface area (Å²) in [5, 5.41) is 20.3. The van der Waals surface area contributed by atoms with E-state index in [0.29, 0.717) is 18.3 Å². The van der Waals surface area contributed by atoms with Gasteiger partial charge in [0, 0.05) is 11.9 Å². The van der Waals surface area contributed by atoms with E-state index in [1.165, 1.54) is 31.2 Å². The van der Waals surface area contributed by atoms with Gasteiger partial charge in [0.1, 0.15) is 18.1 Å². The molecule has 1 aromatic heterocycles. The highest BCUT2D eigenvalue weighted by Crippen LogP contribution is 2.33. The molecule has 2 N–H and O–H groups in total. The van der Waals surface area contributed by atoms with Crippen LogP contribution < -0.4 is 4.90 Å². The molecule has 0 fully saturated rings. The Bertz CT molecular complexity index is 1040. The predicted molar refractivity (Wildman–Crippen MR) is 131 cm³/mol. The van der Waals surface area contributed by atoms with Gasteiger partial charge in [0.05, 0.1) is 5.52 Å². The van der Waals surface area contributed by atoms with Crippen LogP contribution in [0.2, 0.25) is 0 Å². The molecule has 0 saturated heterocycles. The van der Waals surface area contributed by atoms with Crippen LogP contribution in [0.4, 0.5) is 5.82 Å². The first-order valence-corrected chi connectivity index (χ1v) is 11.6. The van der Waals surface area contributed by atoms with Crippen LogP contribution in [0.3, 0.4) is 0 Å². The molecule has 0 saturated carbocycles. The number of unbranched alkanes of at least 4 members (excludes halogenated alkanes) is 3. The molecule has 0 aliphatic rings. The van der Waals surface area contributed by atoms with Crippen molar-refractivity contribution in [2.45, 2.75) is 52.9 Å². The molecular formula is C27H34N2O3. The standard InChI is InChI=1S/C27H34N2O3/c1-4-5-6-7-8-20-9-14-25-24(15-20)23(21-10-12-22(30)13-11-21)16-26(28-25)29(17-19(2)3)18-27(31)32/h9-16,19,30H,4-8,17-18H2,1-3H3,(H,31,32). The molecule has 0 aliphatic carbocycles. The first kappa shape index (κ1) is 23.6. The Kier molecular flexibility index (Phi) is 8.09. The quantitative estimate of drug-likeness (QED) is 0.348. The highest BCUT2D eigenvalue weighted by molar-refractivity contribution is 5.97. The van der Waals surface area contributed by atoms with Crippen molar-refractivity contribution >= 4 is 22.7 Å². The Labute approximate surface area is 190 Å². The lowest BCUT2D eigenvalue weighted by Crippen LogP contribution is -2.33. The Morgan fingerprint density at radius 1 is 1.03 bits per heavy atom. The van der Waals surface area contributed by atoms with Crippen molar-refractivity contribution in [2.75, 3.05) is 18.0 Å². The monoisotopic (exact) mass is 434 g/mol. The van der Waals surface area contributed by atoms with Gasteiger partial charge in [-0.05, 0) is 65.8 Å². The zero-order valence-electron chi connectivity index (χ0n) is 19.3. The highest BCUT2D eigenvalue weighted by Gasteiger charge is 2.17. The van der Waals surface area contributed by atoms with Gasteiger partial charge in [0.2, 0.25) is 0 Å². The first-order valence-electron chi connectivity index (χ1n) is 11.6. The van der Waals surface area contributed by atoms with E-state index in [9.17, 15) is 15.0 Å². The zero-order chi connectivity index (χ0) is 23.1. The first-order chi connectivity index (χ1) is 15.4. The highest BCUT2D eigenvalue weighted by atomic mass is 16.4. The third-order valence-electron chi connectivity index (χ3n) is 5.59. The molecule has 0 unspecified atom stereocenters. The summed E-state index contributed by atoms with van der Waals surface area (Å²) in [5.41, 5.74) is 4.11. The number of phenols is 1. The summed E-state index contributed by atoms with van der Waals surface area (Å²) in [6.45, 7) is 6.87. The Morgan fingerprint density at radius 3 is 2.44 bits per heavy atom. The number of fused-ring (bicyclic) bond motifs is 1. The van der Waals surface area contributed by atoms with Crippen LogP contribution in [0, 0.1) is 5.92 Å². The van der Waals surface area contributed by atoms with E-state index in [1.54, 1.807) is 12.1 Å². The van der Waals surface area contributed by atoms with Gasteiger partial charge >= 0.3 is 5.97 Å². The topological polar surface area (TPSA) is 73.7 Å². The molecule has 5 nitrogen and oxygen atoms in total. The Morgan fingerprint density at radius 2 is 1.78 bits per heavy atom. The van der Waals surface area contributed by atoms with Crippen molar-refractivity contribution in [1.29, 1.82) is 0 Å². The summed E-state index contributed by atoms with van der Waals surface area (Å²) in [6.07, 6.45) is 5.91. The second-order valence-electron chi connectivity index (χ2n) is 8.91. The van der Waals surface area contributed by atoms with Crippen LogP contribution in [-0.2, 0) is 11.2 Å². The molecule has 0 bridgehead atoms. The van der Waals surface area contributed by atoms with Gasteiger partial charge < -0.3 is 15.1 Å². The van der Waals surface area contributed by atoms with E-state index in [-0.39, 0.29) is 12.3 Å². The maximum absolute atomic E-state index is 11.5. The maximum Gasteiger partial charge on any atom is 0.323 e. The summed E-state index contributed by atoms with van der Waals surface area (Å²) in [4.78, 5) is 18.2. The second-order valence-corrected chi connectivity index (χ2v) is 8.91. The minimum absolute atomic E-state index is 0.0960. The molecule has 3 aromatic rings. The lowest BCUT2D eigenvalue weighted by atomic mass is 9.97. The van der Waals surface area contributed by atoms with E-state index in [4.69, 9.17) is 4.98 Å². The van der Waals surface area contributed by atoms with Gasteiger partial charge in [0.15, 0.2) is 0 Å². The van der Waals surface area contributed by atoms with Gasteiger partial charge in [-0.25, -0.2) is 4.98 Å². The molecule has 5 heteroatoms. The van der Waals surface area contributed by atoms with E-state index in [2.05, 4.69) is 32.9 Å². The number of aromatic nitrogens is 1. The number of hydrogen-bond donors (Lipinski definition) is 2. The van der Waals surface area contributed by atoms with Gasteiger partial charge in [-0.3, -0.25) is 4.79 Å². The van der Waals surface area contributed by atoms with Crippen LogP contribution in [0.15, 0.2) is 48.5 Å². The molecule has 0 amide bonds. The van der Waals surface area contributed by atoms with E-state index >= 15 is 0 Å². The predicted octanol–water partition coefficient (Wildman–Crippen LogP) is 6.28. The molecular weight excluding hydrogens is 400 g/mol. The van der Waals surface area contributed by atoms with Crippen LogP contribution in [0.25, 0.3) is 22.0 Å². The molecule has 0 radical (unpaired) electrons. The van der Waals surface area contributed by atoms with Crippen molar-refractivity contribution in [3.05, 3.63) is 54.1 Å². The minimum atomic E-state index is -0.874. The fraction of sp³-hybridized carbons (Fsp3) is 0.407. The molecule has 170 valence electrons. The van der Waals surface area contributed by atoms with Gasteiger partial charge in [-0.15, -0.1) is 0 Å². The van der Waals surface area contributed by atoms with Gasteiger partial charge in [-0.2, -0.15) is 0 Å². The number of carboxylic acid groups (broad SMARTS) is 1. The fourth-order valence-electron chi connectivity index (χ4n) is 4.06. The summed E-state index contributed by atoms with van der Waals surface area (Å²) >= 11 is 0. The number of aryl methyl sites for hydroxylation is 1. The largest absolute Gasteiger partial charge is 0.508 e. The van der Waals surface area contributed by atoms with Crippen LogP contribution in [-0.4, -0.2) is 34.3 Å². The number of aliphatic carboxylic acids is 1. The third-order valence-corrected chi connectivity index (χ3v) is 5.59. The Hall–Kier alpha value is -3.08. The van der Waals surface area contributed by atoms with E-state index < -0.39 is 5.97 Å². The summed E-state index contributed by atoms with van der Waals surface area (Å²) < 4.78 is 0. The number of nitrogens with zero attached hydrogens (tertiary/aromatic N) is 2. The van der Waals surface area contributed by atoms with Gasteiger partial charge in [0.25, 0.3) is 0 Å². The molecule has 0 spiro atoms. The van der Waals surface area contributed by atoms with Crippen LogP contribution in [0.1, 0.15) is 52.0 Å². The average Bonchev–Trinajstić information content (AvgIpc) is 2.75. The number of anilines is 1.